The van der Waals surface area contributed by atoms with Crippen molar-refractivity contribution < 1.29 is 41.0 Å². The highest BCUT2D eigenvalue weighted by Gasteiger charge is 2.51. The molecule has 1 heterocycles. The number of carboxylic acids is 1. The quantitative estimate of drug-likeness (QED) is 0.249. The molecule has 3 aliphatic carbocycles. The Morgan fingerprint density at radius 1 is 1.00 bits per heavy atom. The fraction of sp³-hybridized carbons (Fsp3) is 0.433. The molecule has 2 aromatic carbocycles. The van der Waals surface area contributed by atoms with Gasteiger partial charge in [-0.1, -0.05) is 35.9 Å². The summed E-state index contributed by atoms with van der Waals surface area (Å²) in [5.41, 5.74) is 0.244. The van der Waals surface area contributed by atoms with Crippen LogP contribution in [0.1, 0.15) is 61.0 Å². The van der Waals surface area contributed by atoms with Gasteiger partial charge in [-0.3, -0.25) is 0 Å². The van der Waals surface area contributed by atoms with Crippen molar-refractivity contribution in [2.75, 3.05) is 6.54 Å². The Balaban J connectivity index is 0.000000617. The zero-order valence-electron chi connectivity index (χ0n) is 24.4. The van der Waals surface area contributed by atoms with Crippen LogP contribution in [0.25, 0.3) is 11.4 Å². The first kappa shape index (κ1) is 34.6. The van der Waals surface area contributed by atoms with Crippen molar-refractivity contribution in [2.24, 2.45) is 12.5 Å². The molecule has 46 heavy (non-hydrogen) atoms. The van der Waals surface area contributed by atoms with Crippen LogP contribution in [0.2, 0.25) is 5.02 Å². The van der Waals surface area contributed by atoms with Crippen LogP contribution in [-0.2, 0) is 30.0 Å². The van der Waals surface area contributed by atoms with E-state index in [1.54, 1.807) is 35.9 Å². The summed E-state index contributed by atoms with van der Waals surface area (Å²) in [7, 11) is 1.75. The van der Waals surface area contributed by atoms with Crippen LogP contribution in [0.5, 0.6) is 0 Å². The highest BCUT2D eigenvalue weighted by atomic mass is 35.5. The SMILES string of the molecule is Cn1c(-c2ccccc2C(F)(F)F)nnc1C12CCC(CNC(=O)NCc3ccc(C#N)cc3Cl)(CC1)CC2.O=C(O)C(F)(F)F. The third-order valence-corrected chi connectivity index (χ3v) is 9.06. The van der Waals surface area contributed by atoms with E-state index in [0.717, 1.165) is 56.0 Å². The van der Waals surface area contributed by atoms with Crippen molar-refractivity contribution in [1.82, 2.24) is 25.4 Å². The summed E-state index contributed by atoms with van der Waals surface area (Å²) in [5, 5.41) is 31.0. The number of hydrogen-bond donors (Lipinski definition) is 3. The zero-order chi connectivity index (χ0) is 33.9. The Morgan fingerprint density at radius 3 is 2.15 bits per heavy atom. The van der Waals surface area contributed by atoms with Gasteiger partial charge in [-0.2, -0.15) is 31.6 Å². The molecule has 0 unspecified atom stereocenters. The first-order valence-electron chi connectivity index (χ1n) is 14.1. The van der Waals surface area contributed by atoms with Gasteiger partial charge in [0.2, 0.25) is 0 Å². The fourth-order valence-corrected chi connectivity index (χ4v) is 6.33. The van der Waals surface area contributed by atoms with Gasteiger partial charge in [-0.25, -0.2) is 9.59 Å². The first-order valence-corrected chi connectivity index (χ1v) is 14.4. The molecule has 0 spiro atoms. The van der Waals surface area contributed by atoms with Crippen LogP contribution in [0.3, 0.4) is 0 Å². The molecule has 6 rings (SSSR count). The number of nitrogens with zero attached hydrogens (tertiary/aromatic N) is 4. The third kappa shape index (κ3) is 7.55. The van der Waals surface area contributed by atoms with Crippen molar-refractivity contribution in [3.05, 3.63) is 70.0 Å². The lowest BCUT2D eigenvalue weighted by molar-refractivity contribution is -0.192. The standard InChI is InChI=1S/C28H28ClF3N6O.C2HF3O2/c1-38-23(20-4-2-3-5-21(20)28(30,31)32)36-37-24(38)27-11-8-26(9-12-27,10-13-27)17-35-25(39)34-16-19-7-6-18(15-33)14-22(19)29;3-2(4,5)1(6)7/h2-7,14H,8-13,16-17H2,1H3,(H2,34,35,39);(H,6,7). The summed E-state index contributed by atoms with van der Waals surface area (Å²) < 4.78 is 74.3. The van der Waals surface area contributed by atoms with Crippen LogP contribution < -0.4 is 10.6 Å². The molecule has 0 aliphatic heterocycles. The van der Waals surface area contributed by atoms with E-state index in [-0.39, 0.29) is 34.8 Å². The van der Waals surface area contributed by atoms with Crippen LogP contribution >= 0.6 is 11.6 Å². The fourth-order valence-electron chi connectivity index (χ4n) is 6.08. The van der Waals surface area contributed by atoms with E-state index >= 15 is 0 Å². The summed E-state index contributed by atoms with van der Waals surface area (Å²) in [4.78, 5) is 21.4. The molecule has 0 atom stereocenters. The van der Waals surface area contributed by atoms with Gasteiger partial charge in [0, 0.05) is 36.1 Å². The maximum absolute atomic E-state index is 13.6. The van der Waals surface area contributed by atoms with Gasteiger partial charge in [0.1, 0.15) is 5.82 Å². The number of aromatic nitrogens is 3. The minimum atomic E-state index is -5.08. The highest BCUT2D eigenvalue weighted by molar-refractivity contribution is 6.31. The molecule has 246 valence electrons. The van der Waals surface area contributed by atoms with Crippen molar-refractivity contribution >= 4 is 23.6 Å². The van der Waals surface area contributed by atoms with Gasteiger partial charge in [0.25, 0.3) is 0 Å². The molecule has 3 fully saturated rings. The Bertz CT molecular complexity index is 1620. The molecule has 2 amide bonds. The van der Waals surface area contributed by atoms with E-state index < -0.39 is 23.9 Å². The van der Waals surface area contributed by atoms with Gasteiger partial charge < -0.3 is 20.3 Å². The molecular weight excluding hydrogens is 642 g/mol. The van der Waals surface area contributed by atoms with Crippen LogP contribution in [0.15, 0.2) is 42.5 Å². The molecule has 3 saturated carbocycles. The van der Waals surface area contributed by atoms with E-state index in [4.69, 9.17) is 26.8 Å². The lowest BCUT2D eigenvalue weighted by Gasteiger charge is -2.52. The average Bonchev–Trinajstić information content (AvgIpc) is 3.41. The second-order valence-corrected chi connectivity index (χ2v) is 11.9. The number of halogens is 7. The number of fused-ring (bicyclic) bond motifs is 3. The molecule has 16 heteroatoms. The molecule has 1 aromatic heterocycles. The number of carbonyl (C=O) groups is 2. The largest absolute Gasteiger partial charge is 0.490 e. The third-order valence-electron chi connectivity index (χ3n) is 8.71. The summed E-state index contributed by atoms with van der Waals surface area (Å²) in [6.07, 6.45) is -4.40. The van der Waals surface area contributed by atoms with Crippen molar-refractivity contribution in [3.8, 4) is 17.5 Å². The first-order chi connectivity index (χ1) is 21.5. The second-order valence-electron chi connectivity index (χ2n) is 11.5. The Kier molecular flexibility index (Phi) is 9.91. The molecule has 0 radical (unpaired) electrons. The van der Waals surface area contributed by atoms with E-state index in [0.29, 0.717) is 17.1 Å². The zero-order valence-corrected chi connectivity index (χ0v) is 25.2. The van der Waals surface area contributed by atoms with E-state index in [1.807, 2.05) is 6.07 Å². The number of rotatable bonds is 6. The number of benzene rings is 2. The molecule has 3 N–H and O–H groups in total. The Morgan fingerprint density at radius 2 is 1.61 bits per heavy atom. The normalized spacial score (nSPS) is 20.7. The van der Waals surface area contributed by atoms with E-state index in [1.165, 1.54) is 12.1 Å². The Labute approximate surface area is 264 Å². The number of carbonyl (C=O) groups excluding carboxylic acids is 1. The van der Waals surface area contributed by atoms with Crippen molar-refractivity contribution in [3.63, 3.8) is 0 Å². The van der Waals surface area contributed by atoms with Crippen LogP contribution in [-0.4, -0.2) is 44.6 Å². The predicted molar refractivity (Wildman–Crippen MR) is 153 cm³/mol. The number of nitriles is 1. The van der Waals surface area contributed by atoms with Crippen molar-refractivity contribution in [2.45, 2.75) is 62.8 Å². The lowest BCUT2D eigenvalue weighted by atomic mass is 9.53. The average molecular weight is 671 g/mol. The topological polar surface area (TPSA) is 133 Å². The molecule has 0 saturated heterocycles. The predicted octanol–water partition coefficient (Wildman–Crippen LogP) is 6.75. The van der Waals surface area contributed by atoms with Crippen LogP contribution in [0, 0.1) is 16.7 Å². The van der Waals surface area contributed by atoms with Gasteiger partial charge >= 0.3 is 24.4 Å². The van der Waals surface area contributed by atoms with Gasteiger partial charge in [-0.05, 0) is 67.7 Å². The lowest BCUT2D eigenvalue weighted by Crippen LogP contribution is -2.51. The molecule has 9 nitrogen and oxygen atoms in total. The molecule has 2 bridgehead atoms. The molecule has 3 aromatic rings. The highest BCUT2D eigenvalue weighted by Crippen LogP contribution is 2.57. The minimum absolute atomic E-state index is 0.0184. The van der Waals surface area contributed by atoms with Gasteiger partial charge in [0.15, 0.2) is 5.82 Å². The number of carboxylic acid groups (broad SMARTS) is 1. The maximum Gasteiger partial charge on any atom is 0.490 e. The van der Waals surface area contributed by atoms with Crippen LogP contribution in [0.4, 0.5) is 31.1 Å². The Hall–Kier alpha value is -4.32. The number of nitrogens with one attached hydrogen (secondary N) is 2. The number of amides is 2. The van der Waals surface area contributed by atoms with Gasteiger partial charge in [0.05, 0.1) is 17.2 Å². The molecule has 3 aliphatic rings. The summed E-state index contributed by atoms with van der Waals surface area (Å²) in [5.74, 6) is -1.81. The number of aliphatic carboxylic acids is 1. The summed E-state index contributed by atoms with van der Waals surface area (Å²) in [6, 6.07) is 12.2. The monoisotopic (exact) mass is 670 g/mol. The second kappa shape index (κ2) is 13.2. The van der Waals surface area contributed by atoms with Gasteiger partial charge in [-0.15, -0.1) is 10.2 Å². The smallest absolute Gasteiger partial charge is 0.475 e. The number of alkyl halides is 6. The number of hydrogen-bond acceptors (Lipinski definition) is 5. The van der Waals surface area contributed by atoms with E-state index in [9.17, 15) is 31.1 Å². The maximum atomic E-state index is 13.6. The minimum Gasteiger partial charge on any atom is -0.475 e. The van der Waals surface area contributed by atoms with E-state index in [2.05, 4.69) is 20.8 Å². The number of urea groups is 1. The summed E-state index contributed by atoms with van der Waals surface area (Å²) in [6.45, 7) is 0.789. The van der Waals surface area contributed by atoms with Crippen molar-refractivity contribution in [1.29, 1.82) is 5.26 Å². The summed E-state index contributed by atoms with van der Waals surface area (Å²) >= 11 is 6.19. The molecular formula is C30H29ClF6N6O3.